The van der Waals surface area contributed by atoms with Crippen molar-refractivity contribution in [2.45, 2.75) is 31.3 Å². The largest absolute Gasteiger partial charge is 0.484 e. The highest BCUT2D eigenvalue weighted by Gasteiger charge is 2.32. The van der Waals surface area contributed by atoms with Gasteiger partial charge < -0.3 is 4.74 Å². The van der Waals surface area contributed by atoms with Crippen molar-refractivity contribution in [3.63, 3.8) is 0 Å². The average Bonchev–Trinajstić information content (AvgIpc) is 3.11. The molecule has 1 unspecified atom stereocenters. The van der Waals surface area contributed by atoms with Gasteiger partial charge in [0.2, 0.25) is 0 Å². The standard InChI is InChI=1S/C23H21ClO4S/c1-14-5-4-6-16(9-14)19-13-18(24)11-17-12-21(28-23(17)19)20-10-15(2)7-8-22(20)29(25,26)27-3/h4-11,13,21H,12H2,1-3H3. The number of hydrogen-bond donors (Lipinski definition) is 0. The highest BCUT2D eigenvalue weighted by molar-refractivity contribution is 7.86. The average molecular weight is 429 g/mol. The van der Waals surface area contributed by atoms with E-state index in [4.69, 9.17) is 20.5 Å². The SMILES string of the molecule is COS(=O)(=O)c1ccc(C)cc1C1Cc2cc(Cl)cc(-c3cccc(C)c3)c2O1. The minimum Gasteiger partial charge on any atom is -0.484 e. The highest BCUT2D eigenvalue weighted by atomic mass is 35.5. The maximum absolute atomic E-state index is 12.4. The van der Waals surface area contributed by atoms with Gasteiger partial charge in [-0.2, -0.15) is 8.42 Å². The number of rotatable bonds is 4. The first-order valence-corrected chi connectivity index (χ1v) is 11.0. The lowest BCUT2D eigenvalue weighted by molar-refractivity contribution is 0.235. The summed E-state index contributed by atoms with van der Waals surface area (Å²) in [5.41, 5.74) is 5.56. The summed E-state index contributed by atoms with van der Waals surface area (Å²) in [5.74, 6) is 0.743. The van der Waals surface area contributed by atoms with Crippen LogP contribution in [0.5, 0.6) is 5.75 Å². The van der Waals surface area contributed by atoms with Gasteiger partial charge in [-0.1, -0.05) is 59.1 Å². The second-order valence-electron chi connectivity index (χ2n) is 7.28. The molecule has 0 N–H and O–H groups in total. The van der Waals surface area contributed by atoms with Gasteiger partial charge in [-0.3, -0.25) is 4.18 Å². The van der Waals surface area contributed by atoms with Crippen molar-refractivity contribution in [3.05, 3.63) is 81.9 Å². The molecule has 4 rings (SSSR count). The number of ether oxygens (including phenoxy) is 1. The second kappa shape index (κ2) is 7.48. The summed E-state index contributed by atoms with van der Waals surface area (Å²) in [5, 5.41) is 0.624. The van der Waals surface area contributed by atoms with E-state index in [0.29, 0.717) is 17.0 Å². The molecular weight excluding hydrogens is 408 g/mol. The molecule has 29 heavy (non-hydrogen) atoms. The number of benzene rings is 3. The van der Waals surface area contributed by atoms with E-state index in [0.717, 1.165) is 33.6 Å². The van der Waals surface area contributed by atoms with E-state index < -0.39 is 16.2 Å². The molecule has 0 bridgehead atoms. The number of hydrogen-bond acceptors (Lipinski definition) is 4. The third-order valence-corrected chi connectivity index (χ3v) is 6.69. The molecule has 0 aliphatic carbocycles. The molecule has 1 aliphatic heterocycles. The third kappa shape index (κ3) is 3.78. The first-order chi connectivity index (χ1) is 13.8. The maximum Gasteiger partial charge on any atom is 0.297 e. The van der Waals surface area contributed by atoms with Crippen molar-refractivity contribution >= 4 is 21.7 Å². The van der Waals surface area contributed by atoms with Crippen LogP contribution in [-0.2, 0) is 20.7 Å². The Morgan fingerprint density at radius 2 is 1.79 bits per heavy atom. The second-order valence-corrected chi connectivity index (χ2v) is 9.40. The van der Waals surface area contributed by atoms with Gasteiger partial charge in [0.1, 0.15) is 16.7 Å². The zero-order valence-electron chi connectivity index (χ0n) is 16.4. The zero-order chi connectivity index (χ0) is 20.8. The molecule has 0 saturated carbocycles. The van der Waals surface area contributed by atoms with Crippen molar-refractivity contribution in [1.29, 1.82) is 0 Å². The summed E-state index contributed by atoms with van der Waals surface area (Å²) in [4.78, 5) is 0.131. The molecule has 1 heterocycles. The predicted molar refractivity (Wildman–Crippen MR) is 114 cm³/mol. The number of aryl methyl sites for hydroxylation is 2. The zero-order valence-corrected chi connectivity index (χ0v) is 18.0. The van der Waals surface area contributed by atoms with E-state index in [9.17, 15) is 8.42 Å². The smallest absolute Gasteiger partial charge is 0.297 e. The molecule has 0 aromatic heterocycles. The molecular formula is C23H21ClO4S. The van der Waals surface area contributed by atoms with E-state index in [-0.39, 0.29) is 4.90 Å². The van der Waals surface area contributed by atoms with Crippen molar-refractivity contribution in [3.8, 4) is 16.9 Å². The minimum atomic E-state index is -3.85. The fraction of sp³-hybridized carbons (Fsp3) is 0.217. The molecule has 6 heteroatoms. The van der Waals surface area contributed by atoms with E-state index in [2.05, 4.69) is 6.07 Å². The van der Waals surface area contributed by atoms with Gasteiger partial charge in [-0.15, -0.1) is 0 Å². The Balaban J connectivity index is 1.82. The van der Waals surface area contributed by atoms with Crippen molar-refractivity contribution in [1.82, 2.24) is 0 Å². The Labute approximate surface area is 176 Å². The third-order valence-electron chi connectivity index (χ3n) is 5.13. The monoisotopic (exact) mass is 428 g/mol. The van der Waals surface area contributed by atoms with E-state index in [1.54, 1.807) is 12.1 Å². The molecule has 0 radical (unpaired) electrons. The van der Waals surface area contributed by atoms with Crippen LogP contribution in [-0.4, -0.2) is 15.5 Å². The van der Waals surface area contributed by atoms with Gasteiger partial charge in [-0.05, 0) is 37.6 Å². The summed E-state index contributed by atoms with van der Waals surface area (Å²) < 4.78 is 36.0. The van der Waals surface area contributed by atoms with Crippen molar-refractivity contribution in [2.24, 2.45) is 0 Å². The lowest BCUT2D eigenvalue weighted by atomic mass is 9.98. The Bertz CT molecular complexity index is 1200. The molecule has 0 saturated heterocycles. The lowest BCUT2D eigenvalue weighted by Gasteiger charge is -2.17. The van der Waals surface area contributed by atoms with Gasteiger partial charge in [0, 0.05) is 28.1 Å². The molecule has 3 aromatic rings. The Kier molecular flexibility index (Phi) is 5.15. The van der Waals surface area contributed by atoms with E-state index in [1.807, 2.05) is 50.2 Å². The van der Waals surface area contributed by atoms with Crippen LogP contribution < -0.4 is 4.74 Å². The molecule has 1 atom stereocenters. The van der Waals surface area contributed by atoms with Gasteiger partial charge in [-0.25, -0.2) is 0 Å². The van der Waals surface area contributed by atoms with Gasteiger partial charge >= 0.3 is 0 Å². The van der Waals surface area contributed by atoms with Crippen LogP contribution in [0.2, 0.25) is 5.02 Å². The van der Waals surface area contributed by atoms with Crippen LogP contribution in [0.15, 0.2) is 59.5 Å². The molecule has 0 fully saturated rings. The summed E-state index contributed by atoms with van der Waals surface area (Å²) >= 11 is 6.39. The van der Waals surface area contributed by atoms with Gasteiger partial charge in [0.05, 0.1) is 7.11 Å². The van der Waals surface area contributed by atoms with E-state index >= 15 is 0 Å². The molecule has 150 valence electrons. The normalized spacial score (nSPS) is 15.8. The van der Waals surface area contributed by atoms with E-state index in [1.165, 1.54) is 7.11 Å². The van der Waals surface area contributed by atoms with Crippen molar-refractivity contribution in [2.75, 3.05) is 7.11 Å². The predicted octanol–water partition coefficient (Wildman–Crippen LogP) is 5.64. The quantitative estimate of drug-likeness (QED) is 0.505. The molecule has 3 aromatic carbocycles. The van der Waals surface area contributed by atoms with Crippen LogP contribution >= 0.6 is 11.6 Å². The van der Waals surface area contributed by atoms with Crippen LogP contribution in [0.4, 0.5) is 0 Å². The van der Waals surface area contributed by atoms with Crippen LogP contribution in [0.25, 0.3) is 11.1 Å². The molecule has 0 spiro atoms. The van der Waals surface area contributed by atoms with Crippen LogP contribution in [0, 0.1) is 13.8 Å². The highest BCUT2D eigenvalue weighted by Crippen LogP contribution is 2.46. The van der Waals surface area contributed by atoms with Crippen LogP contribution in [0.1, 0.15) is 28.4 Å². The number of fused-ring (bicyclic) bond motifs is 1. The summed E-state index contributed by atoms with van der Waals surface area (Å²) in [7, 11) is -2.69. The van der Waals surface area contributed by atoms with Gasteiger partial charge in [0.25, 0.3) is 10.1 Å². The first kappa shape index (κ1) is 20.0. The molecule has 4 nitrogen and oxygen atoms in total. The topological polar surface area (TPSA) is 52.6 Å². The fourth-order valence-electron chi connectivity index (χ4n) is 3.76. The number of halogens is 1. The molecule has 1 aliphatic rings. The minimum absolute atomic E-state index is 0.131. The summed E-state index contributed by atoms with van der Waals surface area (Å²) in [6, 6.07) is 17.1. The Hall–Kier alpha value is -2.34. The summed E-state index contributed by atoms with van der Waals surface area (Å²) in [6.07, 6.45) is 0.0940. The molecule has 0 amide bonds. The lowest BCUT2D eigenvalue weighted by Crippen LogP contribution is -2.12. The van der Waals surface area contributed by atoms with Crippen molar-refractivity contribution < 1.29 is 17.3 Å². The Morgan fingerprint density at radius 1 is 1.03 bits per heavy atom. The maximum atomic E-state index is 12.4. The van der Waals surface area contributed by atoms with Gasteiger partial charge in [0.15, 0.2) is 0 Å². The first-order valence-electron chi connectivity index (χ1n) is 9.26. The fourth-order valence-corrected chi connectivity index (χ4v) is 4.90. The summed E-state index contributed by atoms with van der Waals surface area (Å²) in [6.45, 7) is 3.95. The Morgan fingerprint density at radius 3 is 2.52 bits per heavy atom. The van der Waals surface area contributed by atoms with Crippen LogP contribution in [0.3, 0.4) is 0 Å².